The Balaban J connectivity index is 1.18. The predicted octanol–water partition coefficient (Wildman–Crippen LogP) is 13.8. The van der Waals surface area contributed by atoms with Gasteiger partial charge >= 0.3 is 0 Å². The second kappa shape index (κ2) is 11.4. The maximum atomic E-state index is 2.78. The minimum Gasteiger partial charge on any atom is -0.328 e. The van der Waals surface area contributed by atoms with Crippen LogP contribution >= 0.6 is 0 Å². The highest BCUT2D eigenvalue weighted by Crippen LogP contribution is 2.72. The maximum absolute atomic E-state index is 2.78. The Bertz CT molecular complexity index is 3030. The van der Waals surface area contributed by atoms with Gasteiger partial charge in [-0.1, -0.05) is 190 Å². The topological polar surface area (TPSA) is 3.24 Å². The number of fused-ring (bicyclic) bond motifs is 7. The number of anilines is 2. The van der Waals surface area contributed by atoms with Crippen molar-refractivity contribution in [3.63, 3.8) is 0 Å². The van der Waals surface area contributed by atoms with Crippen LogP contribution in [0.25, 0.3) is 27.8 Å². The summed E-state index contributed by atoms with van der Waals surface area (Å²) in [6, 6.07) is 65.1. The van der Waals surface area contributed by atoms with E-state index < -0.39 is 16.4 Å². The van der Waals surface area contributed by atoms with Gasteiger partial charge in [0.15, 0.2) is 0 Å². The summed E-state index contributed by atoms with van der Waals surface area (Å²) < 4.78 is 0. The lowest BCUT2D eigenvalue weighted by Crippen LogP contribution is -2.52. The average Bonchev–Trinajstić information content (AvgIpc) is 3.87. The molecule has 7 aromatic carbocycles. The van der Waals surface area contributed by atoms with Gasteiger partial charge in [0, 0.05) is 28.8 Å². The summed E-state index contributed by atoms with van der Waals surface area (Å²) in [7, 11) is 0. The summed E-state index contributed by atoms with van der Waals surface area (Å²) in [6.07, 6.45) is 5.10. The highest BCUT2D eigenvalue weighted by Gasteiger charge is 2.62. The van der Waals surface area contributed by atoms with E-state index in [1.165, 1.54) is 78.1 Å². The van der Waals surface area contributed by atoms with Gasteiger partial charge in [-0.3, -0.25) is 0 Å². The van der Waals surface area contributed by atoms with Crippen molar-refractivity contribution in [1.82, 2.24) is 0 Å². The first-order chi connectivity index (χ1) is 28.9. The fourth-order valence-electron chi connectivity index (χ4n) is 13.7. The minimum absolute atomic E-state index is 0.224. The van der Waals surface area contributed by atoms with Gasteiger partial charge in [0.05, 0.1) is 16.4 Å². The van der Waals surface area contributed by atoms with Crippen molar-refractivity contribution in [1.29, 1.82) is 0 Å². The van der Waals surface area contributed by atoms with Crippen LogP contribution in [0.2, 0.25) is 0 Å². The summed E-state index contributed by atoms with van der Waals surface area (Å²) in [5.74, 6) is 0.856. The third kappa shape index (κ3) is 3.76. The Morgan fingerprint density at radius 3 is 1.68 bits per heavy atom. The lowest BCUT2D eigenvalue weighted by molar-refractivity contribution is 0.479. The van der Waals surface area contributed by atoms with Crippen molar-refractivity contribution in [3.05, 3.63) is 243 Å². The smallest absolute Gasteiger partial charge is 0.0827 e. The molecule has 5 aliphatic carbocycles. The molecule has 1 spiro atoms. The molecule has 0 saturated heterocycles. The van der Waals surface area contributed by atoms with E-state index in [4.69, 9.17) is 0 Å². The molecule has 5 unspecified atom stereocenters. The summed E-state index contributed by atoms with van der Waals surface area (Å²) in [4.78, 5) is 2.78. The van der Waals surface area contributed by atoms with Crippen molar-refractivity contribution in [2.45, 2.75) is 44.1 Å². The van der Waals surface area contributed by atoms with E-state index in [1.807, 2.05) is 0 Å². The van der Waals surface area contributed by atoms with Gasteiger partial charge in [0.25, 0.3) is 0 Å². The molecule has 0 amide bonds. The van der Waals surface area contributed by atoms with Crippen LogP contribution in [0, 0.1) is 17.8 Å². The molecular formula is C58H45N. The van der Waals surface area contributed by atoms with Crippen molar-refractivity contribution >= 4 is 16.9 Å². The molecular weight excluding hydrogens is 711 g/mol. The van der Waals surface area contributed by atoms with Gasteiger partial charge in [0.1, 0.15) is 0 Å². The normalized spacial score (nSPS) is 25.5. The zero-order valence-corrected chi connectivity index (χ0v) is 34.0. The van der Waals surface area contributed by atoms with E-state index >= 15 is 0 Å². The second-order valence-corrected chi connectivity index (χ2v) is 18.1. The molecule has 7 aromatic rings. The van der Waals surface area contributed by atoms with Crippen LogP contribution in [-0.4, -0.2) is 5.54 Å². The fraction of sp³-hybridized carbons (Fsp3) is 0.172. The molecule has 282 valence electrons. The van der Waals surface area contributed by atoms with E-state index in [0.29, 0.717) is 5.92 Å². The number of rotatable bonds is 3. The number of allylic oxidation sites excluding steroid dienone is 4. The number of hydrogen-bond donors (Lipinski definition) is 0. The first kappa shape index (κ1) is 33.5. The molecule has 1 aliphatic heterocycles. The monoisotopic (exact) mass is 755 g/mol. The van der Waals surface area contributed by atoms with Crippen molar-refractivity contribution < 1.29 is 0 Å². The molecule has 6 aliphatic rings. The molecule has 0 N–H and O–H groups in total. The summed E-state index contributed by atoms with van der Waals surface area (Å²) in [5.41, 5.74) is 23.9. The Morgan fingerprint density at radius 2 is 1.00 bits per heavy atom. The largest absolute Gasteiger partial charge is 0.328 e. The lowest BCUT2D eigenvalue weighted by atomic mass is 9.56. The van der Waals surface area contributed by atoms with Crippen LogP contribution in [0.15, 0.2) is 199 Å². The lowest BCUT2D eigenvalue weighted by Gasteiger charge is -2.55. The van der Waals surface area contributed by atoms with Gasteiger partial charge in [0.2, 0.25) is 0 Å². The Hall–Kier alpha value is -6.44. The Morgan fingerprint density at radius 1 is 0.458 bits per heavy atom. The summed E-state index contributed by atoms with van der Waals surface area (Å²) >= 11 is 0. The van der Waals surface area contributed by atoms with Gasteiger partial charge in [-0.2, -0.15) is 0 Å². The maximum Gasteiger partial charge on any atom is 0.0827 e. The van der Waals surface area contributed by atoms with Gasteiger partial charge in [-0.05, 0) is 109 Å². The van der Waals surface area contributed by atoms with Crippen LogP contribution in [0.1, 0.15) is 72.2 Å². The Labute approximate surface area is 347 Å². The molecule has 5 atom stereocenters. The summed E-state index contributed by atoms with van der Waals surface area (Å²) in [6.45, 7) is 10.0. The fourth-order valence-corrected chi connectivity index (χ4v) is 13.7. The SMILES string of the molecule is CC1C=CC2(C)C3=C1C(C)C1=C(C3C)C3(c4ccccc41)c1ccccc1-c1cccc(c13)N2c1ccc2c(c1)C(c1ccccc1)(c1ccccc1)c1ccccc1-2. The van der Waals surface area contributed by atoms with Crippen molar-refractivity contribution in [3.8, 4) is 22.3 Å². The van der Waals surface area contributed by atoms with Gasteiger partial charge in [-0.25, -0.2) is 0 Å². The van der Waals surface area contributed by atoms with Crippen LogP contribution in [0.3, 0.4) is 0 Å². The first-order valence-electron chi connectivity index (χ1n) is 21.6. The van der Waals surface area contributed by atoms with Crippen LogP contribution in [0.4, 0.5) is 11.4 Å². The zero-order valence-electron chi connectivity index (χ0n) is 34.0. The number of nitrogens with zero attached hydrogens (tertiary/aromatic N) is 1. The summed E-state index contributed by atoms with van der Waals surface area (Å²) in [5, 5.41) is 0. The highest BCUT2D eigenvalue weighted by atomic mass is 15.2. The molecule has 0 radical (unpaired) electrons. The third-order valence-corrected chi connectivity index (χ3v) is 15.6. The second-order valence-electron chi connectivity index (χ2n) is 18.1. The van der Waals surface area contributed by atoms with E-state index in [-0.39, 0.29) is 11.8 Å². The molecule has 13 rings (SSSR count). The van der Waals surface area contributed by atoms with E-state index in [2.05, 4.69) is 215 Å². The molecule has 0 fully saturated rings. The molecule has 0 aromatic heterocycles. The Kier molecular flexibility index (Phi) is 6.47. The van der Waals surface area contributed by atoms with Crippen LogP contribution in [-0.2, 0) is 10.8 Å². The van der Waals surface area contributed by atoms with E-state index in [1.54, 1.807) is 22.3 Å². The highest BCUT2D eigenvalue weighted by molar-refractivity contribution is 6.01. The standard InChI is InChI=1S/C58H45N/c1-35-32-33-56(4)53-37(3)54-52(36(2)51(35)53)45-24-13-16-28-48(45)58(54)47-27-15-12-23-42(47)44-25-17-29-50(55(44)58)59(56)40-30-31-43-41-22-11-14-26-46(41)57(49(43)34-40,38-18-7-5-8-19-38)39-20-9-6-10-21-39/h5-37H,1-4H3. The van der Waals surface area contributed by atoms with Crippen LogP contribution < -0.4 is 4.90 Å². The average molecular weight is 756 g/mol. The number of benzene rings is 7. The van der Waals surface area contributed by atoms with E-state index in [9.17, 15) is 0 Å². The third-order valence-electron chi connectivity index (χ3n) is 15.6. The van der Waals surface area contributed by atoms with Crippen molar-refractivity contribution in [2.24, 2.45) is 17.8 Å². The molecule has 1 nitrogen and oxygen atoms in total. The minimum atomic E-state index is -0.493. The zero-order chi connectivity index (χ0) is 39.4. The van der Waals surface area contributed by atoms with E-state index in [0.717, 1.165) is 0 Å². The quantitative estimate of drug-likeness (QED) is 0.162. The predicted molar refractivity (Wildman–Crippen MR) is 243 cm³/mol. The van der Waals surface area contributed by atoms with Crippen molar-refractivity contribution in [2.75, 3.05) is 4.90 Å². The number of hydrogen-bond acceptors (Lipinski definition) is 1. The molecule has 1 heterocycles. The van der Waals surface area contributed by atoms with Crippen LogP contribution in [0.5, 0.6) is 0 Å². The van der Waals surface area contributed by atoms with Gasteiger partial charge in [-0.15, -0.1) is 0 Å². The first-order valence-corrected chi connectivity index (χ1v) is 21.6. The molecule has 59 heavy (non-hydrogen) atoms. The van der Waals surface area contributed by atoms with Gasteiger partial charge < -0.3 is 4.90 Å². The molecule has 1 heteroatoms. The molecule has 2 bridgehead atoms. The molecule has 0 saturated carbocycles.